The molecule has 0 aliphatic heterocycles. The number of aryl methyl sites for hydroxylation is 1. The number of aromatic nitrogens is 1. The van der Waals surface area contributed by atoms with E-state index in [1.54, 1.807) is 0 Å². The molecule has 1 heterocycles. The molecular weight excluding hydrogens is 210 g/mol. The fourth-order valence-corrected chi connectivity index (χ4v) is 2.15. The van der Waals surface area contributed by atoms with E-state index in [1.807, 2.05) is 22.9 Å². The zero-order valence-electron chi connectivity index (χ0n) is 11.0. The summed E-state index contributed by atoms with van der Waals surface area (Å²) >= 11 is 0. The quantitative estimate of drug-likeness (QED) is 0.434. The van der Waals surface area contributed by atoms with Gasteiger partial charge in [0.05, 0.1) is 5.69 Å². The molecule has 0 bridgehead atoms. The van der Waals surface area contributed by atoms with Crippen molar-refractivity contribution in [3.05, 3.63) is 24.0 Å². The molecule has 0 N–H and O–H groups in total. The molecule has 0 spiro atoms. The second-order valence-electron chi connectivity index (χ2n) is 4.72. The van der Waals surface area contributed by atoms with E-state index in [0.29, 0.717) is 0 Å². The Morgan fingerprint density at radius 3 is 2.35 bits per heavy atom. The van der Waals surface area contributed by atoms with E-state index in [0.717, 1.165) is 18.5 Å². The monoisotopic (exact) mass is 235 g/mol. The molecule has 0 atom stereocenters. The van der Waals surface area contributed by atoms with Crippen molar-refractivity contribution < 1.29 is 4.79 Å². The largest absolute Gasteiger partial charge is 0.345 e. The van der Waals surface area contributed by atoms with Crippen LogP contribution in [0, 0.1) is 0 Å². The molecule has 0 amide bonds. The van der Waals surface area contributed by atoms with E-state index in [2.05, 4.69) is 6.92 Å². The van der Waals surface area contributed by atoms with Gasteiger partial charge in [-0.2, -0.15) is 0 Å². The van der Waals surface area contributed by atoms with Gasteiger partial charge in [0.15, 0.2) is 6.29 Å². The maximum Gasteiger partial charge on any atom is 0.166 e. The Hall–Kier alpha value is -1.05. The van der Waals surface area contributed by atoms with Crippen molar-refractivity contribution in [2.75, 3.05) is 0 Å². The van der Waals surface area contributed by atoms with Gasteiger partial charge >= 0.3 is 0 Å². The summed E-state index contributed by atoms with van der Waals surface area (Å²) in [7, 11) is 0. The minimum atomic E-state index is 0.799. The van der Waals surface area contributed by atoms with Gasteiger partial charge in [0, 0.05) is 12.7 Å². The molecule has 2 heteroatoms. The number of nitrogens with zero attached hydrogens (tertiary/aromatic N) is 1. The zero-order valence-corrected chi connectivity index (χ0v) is 11.0. The van der Waals surface area contributed by atoms with Crippen molar-refractivity contribution in [1.29, 1.82) is 0 Å². The van der Waals surface area contributed by atoms with Crippen molar-refractivity contribution >= 4 is 6.29 Å². The van der Waals surface area contributed by atoms with E-state index in [1.165, 1.54) is 51.4 Å². The van der Waals surface area contributed by atoms with Gasteiger partial charge in [0.25, 0.3) is 0 Å². The molecule has 1 aromatic heterocycles. The lowest BCUT2D eigenvalue weighted by Gasteiger charge is -2.05. The molecule has 0 unspecified atom stereocenters. The van der Waals surface area contributed by atoms with E-state index in [4.69, 9.17) is 0 Å². The first-order valence-electron chi connectivity index (χ1n) is 6.98. The summed E-state index contributed by atoms with van der Waals surface area (Å²) in [4.78, 5) is 10.7. The van der Waals surface area contributed by atoms with Crippen molar-refractivity contribution in [2.45, 2.75) is 64.8 Å². The van der Waals surface area contributed by atoms with Gasteiger partial charge in [-0.3, -0.25) is 4.79 Å². The van der Waals surface area contributed by atoms with Crippen LogP contribution in [-0.4, -0.2) is 10.9 Å². The molecule has 0 radical (unpaired) electrons. The van der Waals surface area contributed by atoms with Gasteiger partial charge < -0.3 is 4.57 Å². The van der Waals surface area contributed by atoms with Gasteiger partial charge in [-0.1, -0.05) is 51.9 Å². The topological polar surface area (TPSA) is 22.0 Å². The summed E-state index contributed by atoms with van der Waals surface area (Å²) in [5, 5.41) is 0. The van der Waals surface area contributed by atoms with Crippen molar-refractivity contribution in [3.63, 3.8) is 0 Å². The zero-order chi connectivity index (χ0) is 12.3. The average Bonchev–Trinajstić information content (AvgIpc) is 2.80. The lowest BCUT2D eigenvalue weighted by molar-refractivity contribution is 0.111. The molecule has 1 rings (SSSR count). The predicted molar refractivity (Wildman–Crippen MR) is 72.4 cm³/mol. The molecule has 96 valence electrons. The van der Waals surface area contributed by atoms with Crippen molar-refractivity contribution in [3.8, 4) is 0 Å². The molecule has 0 aliphatic carbocycles. The third kappa shape index (κ3) is 5.71. The Balaban J connectivity index is 1.99. The van der Waals surface area contributed by atoms with Crippen LogP contribution in [0.25, 0.3) is 0 Å². The SMILES string of the molecule is CCCCCCCCCCn1cccc1C=O. The number of hydrogen-bond acceptors (Lipinski definition) is 1. The molecule has 0 saturated carbocycles. The number of aldehydes is 1. The Morgan fingerprint density at radius 2 is 1.71 bits per heavy atom. The van der Waals surface area contributed by atoms with Gasteiger partial charge in [-0.05, 0) is 18.6 Å². The maximum absolute atomic E-state index is 10.7. The van der Waals surface area contributed by atoms with E-state index < -0.39 is 0 Å². The first-order chi connectivity index (χ1) is 8.38. The minimum absolute atomic E-state index is 0.799. The highest BCUT2D eigenvalue weighted by Gasteiger charge is 1.98. The van der Waals surface area contributed by atoms with Crippen LogP contribution in [0.1, 0.15) is 68.8 Å². The molecular formula is C15H25NO. The lowest BCUT2D eigenvalue weighted by atomic mass is 10.1. The Morgan fingerprint density at radius 1 is 1.06 bits per heavy atom. The van der Waals surface area contributed by atoms with Gasteiger partial charge in [-0.15, -0.1) is 0 Å². The second-order valence-corrected chi connectivity index (χ2v) is 4.72. The summed E-state index contributed by atoms with van der Waals surface area (Å²) in [5.41, 5.74) is 0.799. The summed E-state index contributed by atoms with van der Waals surface area (Å²) in [6.07, 6.45) is 13.6. The van der Waals surface area contributed by atoms with E-state index in [-0.39, 0.29) is 0 Å². The standard InChI is InChI=1S/C15H25NO/c1-2-3-4-5-6-7-8-9-12-16-13-10-11-15(16)14-17/h10-11,13-14H,2-9,12H2,1H3. The van der Waals surface area contributed by atoms with Crippen LogP contribution in [0.3, 0.4) is 0 Å². The first-order valence-corrected chi connectivity index (χ1v) is 6.98. The van der Waals surface area contributed by atoms with Gasteiger partial charge in [-0.25, -0.2) is 0 Å². The third-order valence-electron chi connectivity index (χ3n) is 3.24. The Bertz CT molecular complexity index is 304. The first kappa shape index (κ1) is 14.0. The smallest absolute Gasteiger partial charge is 0.166 e. The van der Waals surface area contributed by atoms with Gasteiger partial charge in [0.2, 0.25) is 0 Å². The molecule has 1 aromatic rings. The average molecular weight is 235 g/mol. The van der Waals surface area contributed by atoms with Crippen LogP contribution in [0.15, 0.2) is 18.3 Å². The van der Waals surface area contributed by atoms with Crippen LogP contribution in [0.4, 0.5) is 0 Å². The van der Waals surface area contributed by atoms with Crippen LogP contribution < -0.4 is 0 Å². The summed E-state index contributed by atoms with van der Waals surface area (Å²) in [6.45, 7) is 3.23. The number of hydrogen-bond donors (Lipinski definition) is 0. The number of rotatable bonds is 10. The van der Waals surface area contributed by atoms with Crippen LogP contribution >= 0.6 is 0 Å². The molecule has 0 aliphatic rings. The third-order valence-corrected chi connectivity index (χ3v) is 3.24. The van der Waals surface area contributed by atoms with Gasteiger partial charge in [0.1, 0.15) is 0 Å². The number of carbonyl (C=O) groups excluding carboxylic acids is 1. The molecule has 0 fully saturated rings. The normalized spacial score (nSPS) is 10.6. The van der Waals surface area contributed by atoms with Crippen LogP contribution in [0.5, 0.6) is 0 Å². The van der Waals surface area contributed by atoms with E-state index in [9.17, 15) is 4.79 Å². The second kappa shape index (κ2) is 9.03. The highest BCUT2D eigenvalue weighted by molar-refractivity contribution is 5.72. The molecule has 17 heavy (non-hydrogen) atoms. The van der Waals surface area contributed by atoms with Crippen molar-refractivity contribution in [1.82, 2.24) is 4.57 Å². The van der Waals surface area contributed by atoms with Crippen LogP contribution in [-0.2, 0) is 6.54 Å². The molecule has 0 aromatic carbocycles. The summed E-state index contributed by atoms with van der Waals surface area (Å²) in [6, 6.07) is 3.81. The predicted octanol–water partition coefficient (Wildman–Crippen LogP) is 4.44. The fraction of sp³-hybridized carbons (Fsp3) is 0.667. The molecule has 0 saturated heterocycles. The number of unbranched alkanes of at least 4 members (excludes halogenated alkanes) is 7. The summed E-state index contributed by atoms with van der Waals surface area (Å²) < 4.78 is 2.05. The maximum atomic E-state index is 10.7. The highest BCUT2D eigenvalue weighted by Crippen LogP contribution is 2.09. The van der Waals surface area contributed by atoms with Crippen molar-refractivity contribution in [2.24, 2.45) is 0 Å². The fourth-order valence-electron chi connectivity index (χ4n) is 2.15. The molecule has 2 nitrogen and oxygen atoms in total. The highest BCUT2D eigenvalue weighted by atomic mass is 16.1. The Labute approximate surface area is 105 Å². The minimum Gasteiger partial charge on any atom is -0.345 e. The van der Waals surface area contributed by atoms with E-state index >= 15 is 0 Å². The van der Waals surface area contributed by atoms with Crippen LogP contribution in [0.2, 0.25) is 0 Å². The Kier molecular flexibility index (Phi) is 7.44. The number of carbonyl (C=O) groups is 1. The lowest BCUT2D eigenvalue weighted by Crippen LogP contribution is -2.00. The summed E-state index contributed by atoms with van der Waals surface area (Å²) in [5.74, 6) is 0.